The number of likely N-dealkylation sites (tertiary alicyclic amines) is 1. The Labute approximate surface area is 145 Å². The lowest BCUT2D eigenvalue weighted by Gasteiger charge is -2.39. The standard InChI is InChI=1S/C19H30N2O3/c1-3-24-14-17-9-7-16(8-10-17)11-20-19(23)12-21-15(2)5-4-6-18(21)13-22/h7-10,15,18,22H,3-6,11-14H2,1-2H3,(H,20,23). The number of amides is 1. The first-order chi connectivity index (χ1) is 11.6. The Bertz CT molecular complexity index is 504. The van der Waals surface area contributed by atoms with Crippen LogP contribution in [0, 0.1) is 0 Å². The van der Waals surface area contributed by atoms with Gasteiger partial charge in [0.2, 0.25) is 5.91 Å². The van der Waals surface area contributed by atoms with E-state index in [1.807, 2.05) is 31.2 Å². The molecule has 0 aromatic heterocycles. The van der Waals surface area contributed by atoms with Gasteiger partial charge in [-0.2, -0.15) is 0 Å². The van der Waals surface area contributed by atoms with Crippen LogP contribution in [0.1, 0.15) is 44.2 Å². The third-order valence-corrected chi connectivity index (χ3v) is 4.72. The van der Waals surface area contributed by atoms with E-state index in [1.54, 1.807) is 0 Å². The van der Waals surface area contributed by atoms with Gasteiger partial charge in [-0.3, -0.25) is 9.69 Å². The van der Waals surface area contributed by atoms with Crippen LogP contribution in [0.3, 0.4) is 0 Å². The second-order valence-corrected chi connectivity index (χ2v) is 6.52. The number of aliphatic hydroxyl groups excluding tert-OH is 1. The zero-order valence-corrected chi connectivity index (χ0v) is 14.8. The molecule has 0 aliphatic carbocycles. The van der Waals surface area contributed by atoms with Gasteiger partial charge in [-0.15, -0.1) is 0 Å². The van der Waals surface area contributed by atoms with Gasteiger partial charge in [0, 0.05) is 25.2 Å². The van der Waals surface area contributed by atoms with Crippen molar-refractivity contribution in [1.29, 1.82) is 0 Å². The normalized spacial score (nSPS) is 21.6. The van der Waals surface area contributed by atoms with Gasteiger partial charge >= 0.3 is 0 Å². The van der Waals surface area contributed by atoms with Crippen molar-refractivity contribution in [2.45, 2.75) is 58.3 Å². The minimum atomic E-state index is 0.0144. The van der Waals surface area contributed by atoms with Crippen molar-refractivity contribution in [2.75, 3.05) is 19.8 Å². The summed E-state index contributed by atoms with van der Waals surface area (Å²) in [5.41, 5.74) is 2.22. The van der Waals surface area contributed by atoms with E-state index in [0.29, 0.717) is 32.3 Å². The van der Waals surface area contributed by atoms with Crippen LogP contribution in [0.5, 0.6) is 0 Å². The van der Waals surface area contributed by atoms with E-state index < -0.39 is 0 Å². The molecule has 5 nitrogen and oxygen atoms in total. The van der Waals surface area contributed by atoms with Crippen LogP contribution in [0.2, 0.25) is 0 Å². The maximum atomic E-state index is 12.2. The molecule has 0 spiro atoms. The number of nitrogens with zero attached hydrogens (tertiary/aromatic N) is 1. The third kappa shape index (κ3) is 5.58. The lowest BCUT2D eigenvalue weighted by Crippen LogP contribution is -2.51. The summed E-state index contributed by atoms with van der Waals surface area (Å²) in [7, 11) is 0. The summed E-state index contributed by atoms with van der Waals surface area (Å²) in [5.74, 6) is 0.0144. The Morgan fingerprint density at radius 2 is 2.00 bits per heavy atom. The lowest BCUT2D eigenvalue weighted by atomic mass is 9.97. The molecule has 1 aliphatic rings. The first-order valence-corrected chi connectivity index (χ1v) is 8.93. The van der Waals surface area contributed by atoms with Gasteiger partial charge in [-0.25, -0.2) is 0 Å². The average Bonchev–Trinajstić information content (AvgIpc) is 2.60. The maximum absolute atomic E-state index is 12.2. The fourth-order valence-electron chi connectivity index (χ4n) is 3.22. The summed E-state index contributed by atoms with van der Waals surface area (Å²) in [5, 5.41) is 12.5. The molecule has 1 saturated heterocycles. The Hall–Kier alpha value is -1.43. The first-order valence-electron chi connectivity index (χ1n) is 8.93. The van der Waals surface area contributed by atoms with Crippen molar-refractivity contribution in [2.24, 2.45) is 0 Å². The molecule has 0 radical (unpaired) electrons. The van der Waals surface area contributed by atoms with Crippen LogP contribution in [-0.4, -0.2) is 47.8 Å². The van der Waals surface area contributed by atoms with Gasteiger partial charge < -0.3 is 15.2 Å². The summed E-state index contributed by atoms with van der Waals surface area (Å²) in [6, 6.07) is 8.57. The summed E-state index contributed by atoms with van der Waals surface area (Å²) in [6.45, 7) is 6.45. The summed E-state index contributed by atoms with van der Waals surface area (Å²) in [4.78, 5) is 14.4. The Morgan fingerprint density at radius 1 is 1.29 bits per heavy atom. The molecule has 1 heterocycles. The van der Waals surface area contributed by atoms with Crippen molar-refractivity contribution in [3.8, 4) is 0 Å². The van der Waals surface area contributed by atoms with E-state index in [9.17, 15) is 9.90 Å². The average molecular weight is 334 g/mol. The highest BCUT2D eigenvalue weighted by Gasteiger charge is 2.28. The molecule has 0 bridgehead atoms. The predicted octanol–water partition coefficient (Wildman–Crippen LogP) is 2.07. The zero-order chi connectivity index (χ0) is 17.4. The van der Waals surface area contributed by atoms with Gasteiger partial charge in [0.25, 0.3) is 0 Å². The molecule has 0 saturated carbocycles. The van der Waals surface area contributed by atoms with Crippen LogP contribution in [0.15, 0.2) is 24.3 Å². The molecule has 1 aliphatic heterocycles. The van der Waals surface area contributed by atoms with Crippen LogP contribution < -0.4 is 5.32 Å². The third-order valence-electron chi connectivity index (χ3n) is 4.72. The number of hydrogen-bond acceptors (Lipinski definition) is 4. The molecule has 24 heavy (non-hydrogen) atoms. The number of benzene rings is 1. The minimum absolute atomic E-state index is 0.0144. The quantitative estimate of drug-likeness (QED) is 0.764. The monoisotopic (exact) mass is 334 g/mol. The molecule has 1 amide bonds. The smallest absolute Gasteiger partial charge is 0.234 e. The van der Waals surface area contributed by atoms with E-state index in [0.717, 1.165) is 30.4 Å². The molecule has 2 atom stereocenters. The van der Waals surface area contributed by atoms with Crippen LogP contribution in [0.4, 0.5) is 0 Å². The molecular formula is C19H30N2O3. The Balaban J connectivity index is 1.79. The van der Waals surface area contributed by atoms with Crippen LogP contribution >= 0.6 is 0 Å². The van der Waals surface area contributed by atoms with Crippen LogP contribution in [0.25, 0.3) is 0 Å². The molecule has 5 heteroatoms. The molecule has 134 valence electrons. The summed E-state index contributed by atoms with van der Waals surface area (Å²) in [6.07, 6.45) is 3.18. The number of rotatable bonds is 8. The van der Waals surface area contributed by atoms with E-state index in [2.05, 4.69) is 17.1 Å². The van der Waals surface area contributed by atoms with E-state index in [1.165, 1.54) is 0 Å². The van der Waals surface area contributed by atoms with Gasteiger partial charge in [-0.1, -0.05) is 30.7 Å². The van der Waals surface area contributed by atoms with Crippen molar-refractivity contribution in [3.63, 3.8) is 0 Å². The lowest BCUT2D eigenvalue weighted by molar-refractivity contribution is -0.124. The molecule has 1 fully saturated rings. The van der Waals surface area contributed by atoms with Gasteiger partial charge in [0.1, 0.15) is 0 Å². The van der Waals surface area contributed by atoms with Gasteiger partial charge in [0.05, 0.1) is 19.8 Å². The SMILES string of the molecule is CCOCc1ccc(CNC(=O)CN2C(C)CCCC2CO)cc1. The fourth-order valence-corrected chi connectivity index (χ4v) is 3.22. The minimum Gasteiger partial charge on any atom is -0.395 e. The molecule has 2 rings (SSSR count). The highest BCUT2D eigenvalue weighted by atomic mass is 16.5. The predicted molar refractivity (Wildman–Crippen MR) is 94.5 cm³/mol. The number of hydrogen-bond donors (Lipinski definition) is 2. The van der Waals surface area contributed by atoms with Crippen molar-refractivity contribution >= 4 is 5.91 Å². The summed E-state index contributed by atoms with van der Waals surface area (Å²) >= 11 is 0. The fraction of sp³-hybridized carbons (Fsp3) is 0.632. The van der Waals surface area contributed by atoms with Crippen LogP contribution in [-0.2, 0) is 22.7 Å². The number of ether oxygens (including phenoxy) is 1. The molecule has 1 aromatic rings. The first kappa shape index (κ1) is 18.9. The zero-order valence-electron chi connectivity index (χ0n) is 14.8. The largest absolute Gasteiger partial charge is 0.395 e. The van der Waals surface area contributed by atoms with Crippen molar-refractivity contribution in [1.82, 2.24) is 10.2 Å². The van der Waals surface area contributed by atoms with Gasteiger partial charge in [0.15, 0.2) is 0 Å². The molecular weight excluding hydrogens is 304 g/mol. The number of nitrogens with one attached hydrogen (secondary N) is 1. The van der Waals surface area contributed by atoms with E-state index in [-0.39, 0.29) is 18.6 Å². The topological polar surface area (TPSA) is 61.8 Å². The molecule has 1 aromatic carbocycles. The van der Waals surface area contributed by atoms with E-state index >= 15 is 0 Å². The maximum Gasteiger partial charge on any atom is 0.234 e. The number of carbonyl (C=O) groups excluding carboxylic acids is 1. The highest BCUT2D eigenvalue weighted by molar-refractivity contribution is 5.78. The second-order valence-electron chi connectivity index (χ2n) is 6.52. The number of aliphatic hydroxyl groups is 1. The van der Waals surface area contributed by atoms with Crippen molar-refractivity contribution in [3.05, 3.63) is 35.4 Å². The van der Waals surface area contributed by atoms with Gasteiger partial charge in [-0.05, 0) is 37.8 Å². The number of carbonyl (C=O) groups is 1. The van der Waals surface area contributed by atoms with Crippen molar-refractivity contribution < 1.29 is 14.6 Å². The molecule has 2 N–H and O–H groups in total. The highest BCUT2D eigenvalue weighted by Crippen LogP contribution is 2.22. The Morgan fingerprint density at radius 3 is 2.67 bits per heavy atom. The molecule has 2 unspecified atom stereocenters. The Kier molecular flexibility index (Phi) is 7.69. The van der Waals surface area contributed by atoms with E-state index in [4.69, 9.17) is 4.74 Å². The number of piperidine rings is 1. The summed E-state index contributed by atoms with van der Waals surface area (Å²) < 4.78 is 5.38. The second kappa shape index (κ2) is 9.77.